The summed E-state index contributed by atoms with van der Waals surface area (Å²) in [6, 6.07) is 3.68. The molecule has 3 rings (SSSR count). The Bertz CT molecular complexity index is 1180. The number of phenols is 1. The van der Waals surface area contributed by atoms with E-state index in [1.54, 1.807) is 0 Å². The highest BCUT2D eigenvalue weighted by molar-refractivity contribution is 7.18. The van der Waals surface area contributed by atoms with Crippen LogP contribution in [0.15, 0.2) is 34.4 Å². The number of fused-ring (bicyclic) bond motifs is 1. The van der Waals surface area contributed by atoms with Gasteiger partial charge >= 0.3 is 5.69 Å². The molecule has 0 bridgehead atoms. The zero-order chi connectivity index (χ0) is 20.4. The molecule has 1 aromatic carbocycles. The number of rotatable bonds is 5. The SMILES string of the molecule is Cc1sc2ncn(CC(=O)N/N=C\c3ccc(O)c([N+](=O)[O-])c3)c(=O)c2c1C. The molecule has 0 unspecified atom stereocenters. The van der Waals surface area contributed by atoms with Gasteiger partial charge in [-0.05, 0) is 31.5 Å². The zero-order valence-electron chi connectivity index (χ0n) is 14.9. The molecule has 0 radical (unpaired) electrons. The molecule has 28 heavy (non-hydrogen) atoms. The highest BCUT2D eigenvalue weighted by Crippen LogP contribution is 2.26. The summed E-state index contributed by atoms with van der Waals surface area (Å²) in [4.78, 5) is 40.5. The third-order valence-corrected chi connectivity index (χ3v) is 5.18. The number of benzene rings is 1. The van der Waals surface area contributed by atoms with Crippen molar-refractivity contribution in [3.8, 4) is 5.75 Å². The first-order valence-electron chi connectivity index (χ1n) is 8.02. The average Bonchev–Trinajstić information content (AvgIpc) is 2.93. The van der Waals surface area contributed by atoms with Crippen molar-refractivity contribution in [1.29, 1.82) is 0 Å². The van der Waals surface area contributed by atoms with Gasteiger partial charge in [0, 0.05) is 16.5 Å². The van der Waals surface area contributed by atoms with Crippen molar-refractivity contribution in [3.05, 3.63) is 61.0 Å². The fraction of sp³-hybridized carbons (Fsp3) is 0.176. The van der Waals surface area contributed by atoms with Gasteiger partial charge in [0.15, 0.2) is 5.75 Å². The van der Waals surface area contributed by atoms with E-state index >= 15 is 0 Å². The summed E-state index contributed by atoms with van der Waals surface area (Å²) < 4.78 is 1.19. The molecule has 0 atom stereocenters. The molecule has 2 heterocycles. The molecule has 0 saturated heterocycles. The first-order valence-corrected chi connectivity index (χ1v) is 8.84. The largest absolute Gasteiger partial charge is 0.502 e. The predicted molar refractivity (Wildman–Crippen MR) is 104 cm³/mol. The maximum absolute atomic E-state index is 12.6. The van der Waals surface area contributed by atoms with Gasteiger partial charge < -0.3 is 5.11 Å². The van der Waals surface area contributed by atoms with E-state index in [4.69, 9.17) is 0 Å². The third kappa shape index (κ3) is 3.74. The number of nitro groups is 1. The number of hydrogen-bond acceptors (Lipinski definition) is 8. The van der Waals surface area contributed by atoms with E-state index in [2.05, 4.69) is 15.5 Å². The molecule has 1 amide bonds. The lowest BCUT2D eigenvalue weighted by molar-refractivity contribution is -0.385. The number of aromatic nitrogens is 2. The second-order valence-electron chi connectivity index (χ2n) is 5.94. The van der Waals surface area contributed by atoms with Crippen LogP contribution in [0.2, 0.25) is 0 Å². The molecule has 10 nitrogen and oxygen atoms in total. The van der Waals surface area contributed by atoms with E-state index < -0.39 is 22.3 Å². The molecule has 0 aliphatic rings. The van der Waals surface area contributed by atoms with Gasteiger partial charge in [0.2, 0.25) is 0 Å². The summed E-state index contributed by atoms with van der Waals surface area (Å²) in [7, 11) is 0. The van der Waals surface area contributed by atoms with Crippen LogP contribution in [-0.2, 0) is 11.3 Å². The number of nitrogens with zero attached hydrogens (tertiary/aromatic N) is 4. The molecule has 0 fully saturated rings. The highest BCUT2D eigenvalue weighted by Gasteiger charge is 2.14. The van der Waals surface area contributed by atoms with E-state index in [0.29, 0.717) is 15.8 Å². The molecular formula is C17H15N5O5S. The zero-order valence-corrected chi connectivity index (χ0v) is 15.7. The number of phenolic OH excluding ortho intramolecular Hbond substituents is 1. The topological polar surface area (TPSA) is 140 Å². The maximum Gasteiger partial charge on any atom is 0.311 e. The fourth-order valence-electron chi connectivity index (χ4n) is 2.52. The van der Waals surface area contributed by atoms with E-state index in [9.17, 15) is 24.8 Å². The maximum atomic E-state index is 12.6. The Balaban J connectivity index is 1.72. The normalized spacial score (nSPS) is 11.2. The van der Waals surface area contributed by atoms with E-state index in [0.717, 1.165) is 22.6 Å². The number of carbonyl (C=O) groups excluding carboxylic acids is 1. The van der Waals surface area contributed by atoms with Crippen LogP contribution in [0.25, 0.3) is 10.2 Å². The molecule has 2 N–H and O–H groups in total. The van der Waals surface area contributed by atoms with Crippen LogP contribution in [0.4, 0.5) is 5.69 Å². The van der Waals surface area contributed by atoms with Gasteiger partial charge in [-0.3, -0.25) is 24.3 Å². The van der Waals surface area contributed by atoms with Crippen molar-refractivity contribution < 1.29 is 14.8 Å². The van der Waals surface area contributed by atoms with Crippen LogP contribution >= 0.6 is 11.3 Å². The second-order valence-corrected chi connectivity index (χ2v) is 7.14. The van der Waals surface area contributed by atoms with Crippen LogP contribution in [0, 0.1) is 24.0 Å². The molecule has 2 aromatic heterocycles. The van der Waals surface area contributed by atoms with Crippen LogP contribution < -0.4 is 11.0 Å². The van der Waals surface area contributed by atoms with Crippen molar-refractivity contribution in [2.24, 2.45) is 5.10 Å². The smallest absolute Gasteiger partial charge is 0.311 e. The summed E-state index contributed by atoms with van der Waals surface area (Å²) in [6.07, 6.45) is 2.51. The number of nitro benzene ring substituents is 1. The summed E-state index contributed by atoms with van der Waals surface area (Å²) in [5, 5.41) is 24.4. The number of hydrogen-bond donors (Lipinski definition) is 2. The Hall–Kier alpha value is -3.60. The van der Waals surface area contributed by atoms with E-state index in [-0.39, 0.29) is 12.1 Å². The summed E-state index contributed by atoms with van der Waals surface area (Å²) >= 11 is 1.42. The van der Waals surface area contributed by atoms with Gasteiger partial charge in [-0.25, -0.2) is 10.4 Å². The lowest BCUT2D eigenvalue weighted by atomic mass is 10.2. The van der Waals surface area contributed by atoms with E-state index in [1.165, 1.54) is 34.5 Å². The fourth-order valence-corrected chi connectivity index (χ4v) is 3.51. The van der Waals surface area contributed by atoms with Crippen LogP contribution in [-0.4, -0.2) is 31.7 Å². The lowest BCUT2D eigenvalue weighted by Gasteiger charge is -2.04. The van der Waals surface area contributed by atoms with Crippen molar-refractivity contribution >= 4 is 39.4 Å². The number of aromatic hydroxyl groups is 1. The third-order valence-electron chi connectivity index (χ3n) is 4.07. The highest BCUT2D eigenvalue weighted by atomic mass is 32.1. The summed E-state index contributed by atoms with van der Waals surface area (Å²) in [5.74, 6) is -1.02. The Morgan fingerprint density at radius 2 is 2.21 bits per heavy atom. The van der Waals surface area contributed by atoms with Gasteiger partial charge in [0.05, 0.1) is 22.9 Å². The standard InChI is InChI=1S/C17H15N5O5S/c1-9-10(2)28-16-15(9)17(25)21(8-18-16)7-14(24)20-19-6-11-3-4-13(23)12(5-11)22(26)27/h3-6,8,23H,7H2,1-2H3,(H,20,24)/b19-6-. The van der Waals surface area contributed by atoms with Crippen molar-refractivity contribution in [2.45, 2.75) is 20.4 Å². The average molecular weight is 401 g/mol. The van der Waals surface area contributed by atoms with Gasteiger partial charge in [-0.15, -0.1) is 11.3 Å². The Morgan fingerprint density at radius 1 is 1.46 bits per heavy atom. The Kier molecular flexibility index (Phi) is 5.18. The number of aryl methyl sites for hydroxylation is 2. The molecule has 3 aromatic rings. The molecule has 0 aliphatic heterocycles. The molecule has 0 spiro atoms. The van der Waals surface area contributed by atoms with Gasteiger partial charge in [-0.1, -0.05) is 0 Å². The Labute approximate surface area is 161 Å². The van der Waals surface area contributed by atoms with Crippen LogP contribution in [0.1, 0.15) is 16.0 Å². The molecule has 0 saturated carbocycles. The number of thiophene rings is 1. The number of nitrogens with one attached hydrogen (secondary N) is 1. The lowest BCUT2D eigenvalue weighted by Crippen LogP contribution is -2.30. The second kappa shape index (κ2) is 7.56. The van der Waals surface area contributed by atoms with Crippen molar-refractivity contribution in [2.75, 3.05) is 0 Å². The minimum Gasteiger partial charge on any atom is -0.502 e. The number of carbonyl (C=O) groups is 1. The van der Waals surface area contributed by atoms with E-state index in [1.807, 2.05) is 13.8 Å². The van der Waals surface area contributed by atoms with Crippen molar-refractivity contribution in [1.82, 2.24) is 15.0 Å². The minimum absolute atomic E-state index is 0.275. The first kappa shape index (κ1) is 19.2. The minimum atomic E-state index is -0.727. The molecular weight excluding hydrogens is 386 g/mol. The number of amides is 1. The number of hydrazone groups is 1. The van der Waals surface area contributed by atoms with Gasteiger partial charge in [-0.2, -0.15) is 5.10 Å². The van der Waals surface area contributed by atoms with Crippen molar-refractivity contribution in [3.63, 3.8) is 0 Å². The molecule has 11 heteroatoms. The van der Waals surface area contributed by atoms with Gasteiger partial charge in [0.25, 0.3) is 11.5 Å². The summed E-state index contributed by atoms with van der Waals surface area (Å²) in [5.41, 5.74) is 2.64. The predicted octanol–water partition coefficient (Wildman–Crippen LogP) is 1.84. The molecule has 144 valence electrons. The van der Waals surface area contributed by atoms with Crippen LogP contribution in [0.3, 0.4) is 0 Å². The van der Waals surface area contributed by atoms with Gasteiger partial charge in [0.1, 0.15) is 11.4 Å². The van der Waals surface area contributed by atoms with Crippen LogP contribution in [0.5, 0.6) is 5.75 Å². The quantitative estimate of drug-likeness (QED) is 0.380. The first-order chi connectivity index (χ1) is 13.3. The molecule has 0 aliphatic carbocycles. The summed E-state index contributed by atoms with van der Waals surface area (Å²) in [6.45, 7) is 3.46. The Morgan fingerprint density at radius 3 is 2.93 bits per heavy atom. The monoisotopic (exact) mass is 401 g/mol.